The van der Waals surface area contributed by atoms with Gasteiger partial charge in [0.2, 0.25) is 0 Å². The van der Waals surface area contributed by atoms with Crippen molar-refractivity contribution in [3.8, 4) is 5.75 Å². The van der Waals surface area contributed by atoms with Crippen molar-refractivity contribution in [1.29, 1.82) is 0 Å². The van der Waals surface area contributed by atoms with Crippen molar-refractivity contribution in [1.82, 2.24) is 4.98 Å². The molecule has 1 aliphatic carbocycles. The Morgan fingerprint density at radius 2 is 2.14 bits per heavy atom. The molecule has 4 rings (SSSR count). The number of ether oxygens (including phenoxy) is 1. The van der Waals surface area contributed by atoms with Gasteiger partial charge in [0.15, 0.2) is 5.78 Å². The zero-order chi connectivity index (χ0) is 14.2. The number of carbonyl (C=O) groups excluding carboxylic acids is 1. The predicted octanol–water partition coefficient (Wildman–Crippen LogP) is 3.32. The highest BCUT2D eigenvalue weighted by Gasteiger charge is 2.29. The molecule has 3 heteroatoms. The normalized spacial score (nSPS) is 19.5. The summed E-state index contributed by atoms with van der Waals surface area (Å²) in [5.74, 6) is 1.04. The topological polar surface area (TPSA) is 39.2 Å². The maximum Gasteiger partial charge on any atom is 0.171 e. The van der Waals surface area contributed by atoms with E-state index >= 15 is 0 Å². The van der Waals surface area contributed by atoms with Crippen molar-refractivity contribution < 1.29 is 9.53 Å². The first kappa shape index (κ1) is 12.6. The highest BCUT2D eigenvalue weighted by molar-refractivity contribution is 6.01. The zero-order valence-electron chi connectivity index (χ0n) is 11.8. The summed E-state index contributed by atoms with van der Waals surface area (Å²) < 4.78 is 5.51. The quantitative estimate of drug-likeness (QED) is 0.792. The van der Waals surface area contributed by atoms with Crippen LogP contribution in [0.1, 0.15) is 45.9 Å². The van der Waals surface area contributed by atoms with Crippen molar-refractivity contribution in [2.45, 2.75) is 31.6 Å². The first-order chi connectivity index (χ1) is 10.3. The minimum absolute atomic E-state index is 0.0877. The van der Waals surface area contributed by atoms with Gasteiger partial charge < -0.3 is 4.74 Å². The van der Waals surface area contributed by atoms with E-state index in [0.29, 0.717) is 0 Å². The van der Waals surface area contributed by atoms with E-state index in [9.17, 15) is 4.79 Å². The molecule has 1 atom stereocenters. The number of fused-ring (bicyclic) bond motifs is 2. The molecule has 0 saturated heterocycles. The van der Waals surface area contributed by atoms with Gasteiger partial charge in [-0.1, -0.05) is 6.07 Å². The second-order valence-electron chi connectivity index (χ2n) is 5.78. The Kier molecular flexibility index (Phi) is 2.99. The van der Waals surface area contributed by atoms with Crippen LogP contribution in [0.25, 0.3) is 0 Å². The van der Waals surface area contributed by atoms with Crippen molar-refractivity contribution in [3.63, 3.8) is 0 Å². The molecule has 106 valence electrons. The van der Waals surface area contributed by atoms with E-state index in [4.69, 9.17) is 4.74 Å². The molecule has 21 heavy (non-hydrogen) atoms. The van der Waals surface area contributed by atoms with E-state index in [1.54, 1.807) is 6.20 Å². The molecule has 1 aliphatic heterocycles. The molecule has 0 radical (unpaired) electrons. The third-order valence-electron chi connectivity index (χ3n) is 4.49. The van der Waals surface area contributed by atoms with E-state index in [2.05, 4.69) is 11.1 Å². The van der Waals surface area contributed by atoms with Crippen LogP contribution in [0.3, 0.4) is 0 Å². The number of hydrogen-bond donors (Lipinski definition) is 0. The smallest absolute Gasteiger partial charge is 0.171 e. The molecule has 0 bridgehead atoms. The van der Waals surface area contributed by atoms with Crippen LogP contribution in [-0.4, -0.2) is 17.4 Å². The number of benzene rings is 1. The number of ketones is 1. The van der Waals surface area contributed by atoms with Crippen LogP contribution in [-0.2, 0) is 12.8 Å². The van der Waals surface area contributed by atoms with Crippen LogP contribution in [0.4, 0.5) is 0 Å². The lowest BCUT2D eigenvalue weighted by atomic mass is 9.82. The van der Waals surface area contributed by atoms with E-state index in [-0.39, 0.29) is 11.7 Å². The van der Waals surface area contributed by atoms with Crippen molar-refractivity contribution in [2.75, 3.05) is 6.61 Å². The average molecular weight is 279 g/mol. The summed E-state index contributed by atoms with van der Waals surface area (Å²) in [5, 5.41) is 0. The Bertz CT molecular complexity index is 708. The number of pyridine rings is 1. The summed E-state index contributed by atoms with van der Waals surface area (Å²) in [7, 11) is 0. The third kappa shape index (κ3) is 2.13. The first-order valence-electron chi connectivity index (χ1n) is 7.56. The lowest BCUT2D eigenvalue weighted by Crippen LogP contribution is -2.20. The summed E-state index contributed by atoms with van der Waals surface area (Å²) >= 11 is 0. The van der Waals surface area contributed by atoms with Gasteiger partial charge in [-0.3, -0.25) is 9.78 Å². The summed E-state index contributed by atoms with van der Waals surface area (Å²) in [5.41, 5.74) is 4.15. The fourth-order valence-corrected chi connectivity index (χ4v) is 3.41. The van der Waals surface area contributed by atoms with Gasteiger partial charge in [0.1, 0.15) is 5.75 Å². The fraction of sp³-hybridized carbons (Fsp3) is 0.333. The number of rotatable bonds is 2. The molecular weight excluding hydrogens is 262 g/mol. The predicted molar refractivity (Wildman–Crippen MR) is 79.9 cm³/mol. The molecule has 3 nitrogen and oxygen atoms in total. The van der Waals surface area contributed by atoms with E-state index in [1.807, 2.05) is 24.3 Å². The van der Waals surface area contributed by atoms with Crippen molar-refractivity contribution in [2.24, 2.45) is 0 Å². The SMILES string of the molecule is O=C(c1ccc2c(c1)CCO2)C1CCCc2cccnc21. The van der Waals surface area contributed by atoms with Crippen molar-refractivity contribution >= 4 is 5.78 Å². The number of hydrogen-bond acceptors (Lipinski definition) is 3. The van der Waals surface area contributed by atoms with Gasteiger partial charge in [-0.25, -0.2) is 0 Å². The van der Waals surface area contributed by atoms with Crippen LogP contribution in [0.5, 0.6) is 5.75 Å². The second kappa shape index (κ2) is 4.99. The molecule has 0 fully saturated rings. The molecule has 2 aromatic rings. The average Bonchev–Trinajstić information content (AvgIpc) is 3.01. The van der Waals surface area contributed by atoms with Crippen LogP contribution < -0.4 is 4.74 Å². The van der Waals surface area contributed by atoms with Gasteiger partial charge in [-0.15, -0.1) is 0 Å². The highest BCUT2D eigenvalue weighted by atomic mass is 16.5. The molecule has 1 unspecified atom stereocenters. The van der Waals surface area contributed by atoms with E-state index in [1.165, 1.54) is 5.56 Å². The standard InChI is InChI=1S/C18H17NO2/c20-18(14-6-7-16-13(11-14)8-10-21-16)15-5-1-3-12-4-2-9-19-17(12)15/h2,4,6-7,9,11,15H,1,3,5,8,10H2. The van der Waals surface area contributed by atoms with Gasteiger partial charge in [-0.2, -0.15) is 0 Å². The van der Waals surface area contributed by atoms with Crippen LogP contribution in [0, 0.1) is 0 Å². The number of nitrogens with zero attached hydrogens (tertiary/aromatic N) is 1. The lowest BCUT2D eigenvalue weighted by molar-refractivity contribution is 0.0949. The Morgan fingerprint density at radius 1 is 1.19 bits per heavy atom. The molecule has 2 aliphatic rings. The number of carbonyl (C=O) groups is 1. The maximum absolute atomic E-state index is 12.9. The first-order valence-corrected chi connectivity index (χ1v) is 7.56. The summed E-state index contributed by atoms with van der Waals surface area (Å²) in [6, 6.07) is 9.88. The number of aryl methyl sites for hydroxylation is 1. The Balaban J connectivity index is 1.70. The van der Waals surface area contributed by atoms with E-state index in [0.717, 1.165) is 54.9 Å². The summed E-state index contributed by atoms with van der Waals surface area (Å²) in [6.07, 6.45) is 5.68. The molecule has 1 aromatic carbocycles. The van der Waals surface area contributed by atoms with Gasteiger partial charge in [0.25, 0.3) is 0 Å². The molecule has 0 N–H and O–H groups in total. The minimum atomic E-state index is -0.0877. The largest absolute Gasteiger partial charge is 0.493 e. The summed E-state index contributed by atoms with van der Waals surface area (Å²) in [6.45, 7) is 0.723. The van der Waals surface area contributed by atoms with Gasteiger partial charge in [0, 0.05) is 18.2 Å². The number of aromatic nitrogens is 1. The Labute approximate surface area is 124 Å². The molecule has 1 aromatic heterocycles. The highest BCUT2D eigenvalue weighted by Crippen LogP contribution is 2.34. The molecule has 0 spiro atoms. The van der Waals surface area contributed by atoms with Crippen LogP contribution >= 0.6 is 0 Å². The second-order valence-corrected chi connectivity index (χ2v) is 5.78. The molecule has 0 amide bonds. The third-order valence-corrected chi connectivity index (χ3v) is 4.49. The molecule has 2 heterocycles. The Morgan fingerprint density at radius 3 is 3.10 bits per heavy atom. The lowest BCUT2D eigenvalue weighted by Gasteiger charge is -2.23. The zero-order valence-corrected chi connectivity index (χ0v) is 11.8. The van der Waals surface area contributed by atoms with Crippen LogP contribution in [0.2, 0.25) is 0 Å². The molecular formula is C18H17NO2. The molecule has 0 saturated carbocycles. The summed E-state index contributed by atoms with van der Waals surface area (Å²) in [4.78, 5) is 17.4. The van der Waals surface area contributed by atoms with E-state index < -0.39 is 0 Å². The van der Waals surface area contributed by atoms with Gasteiger partial charge >= 0.3 is 0 Å². The van der Waals surface area contributed by atoms with Gasteiger partial charge in [-0.05, 0) is 54.7 Å². The van der Waals surface area contributed by atoms with Crippen LogP contribution in [0.15, 0.2) is 36.5 Å². The van der Waals surface area contributed by atoms with Crippen molar-refractivity contribution in [3.05, 3.63) is 58.9 Å². The minimum Gasteiger partial charge on any atom is -0.493 e. The fourth-order valence-electron chi connectivity index (χ4n) is 3.41. The number of Topliss-reactive ketones (excluding diaryl/α,β-unsaturated/α-hetero) is 1. The Hall–Kier alpha value is -2.16. The monoisotopic (exact) mass is 279 g/mol. The maximum atomic E-state index is 12.9. The van der Waals surface area contributed by atoms with Gasteiger partial charge in [0.05, 0.1) is 18.2 Å².